The van der Waals surface area contributed by atoms with Crippen LogP contribution in [0.4, 0.5) is 4.79 Å². The van der Waals surface area contributed by atoms with Crippen LogP contribution >= 0.6 is 12.6 Å². The second-order valence-corrected chi connectivity index (χ2v) is 12.0. The summed E-state index contributed by atoms with van der Waals surface area (Å²) in [5.41, 5.74) is 2.08. The van der Waals surface area contributed by atoms with Crippen molar-refractivity contribution in [3.05, 3.63) is 71.3 Å². The zero-order chi connectivity index (χ0) is 29.9. The monoisotopic (exact) mass is 569 g/mol. The maximum Gasteiger partial charge on any atom is 0.408 e. The number of ether oxygens (including phenoxy) is 1. The zero-order valence-corrected chi connectivity index (χ0v) is 26.0. The van der Waals surface area contributed by atoms with E-state index in [4.69, 9.17) is 4.74 Å². The minimum Gasteiger partial charge on any atom is -0.444 e. The van der Waals surface area contributed by atoms with Crippen LogP contribution in [0.15, 0.2) is 54.6 Å². The van der Waals surface area contributed by atoms with Gasteiger partial charge in [0.25, 0.3) is 0 Å². The average Bonchev–Trinajstić information content (AvgIpc) is 2.91. The Kier molecular flexibility index (Phi) is 13.0. The Morgan fingerprint density at radius 1 is 0.925 bits per heavy atom. The number of thiol groups is 1. The molecule has 2 rings (SSSR count). The molecule has 2 N–H and O–H groups in total. The third kappa shape index (κ3) is 10.5. The average molecular weight is 570 g/mol. The molecule has 3 unspecified atom stereocenters. The number of benzene rings is 2. The van der Waals surface area contributed by atoms with Gasteiger partial charge in [-0.15, -0.1) is 0 Å². The number of rotatable bonds is 13. The van der Waals surface area contributed by atoms with Gasteiger partial charge >= 0.3 is 6.09 Å². The molecule has 40 heavy (non-hydrogen) atoms. The van der Waals surface area contributed by atoms with Crippen LogP contribution in [0.5, 0.6) is 0 Å². The van der Waals surface area contributed by atoms with Gasteiger partial charge in [-0.2, -0.15) is 12.6 Å². The van der Waals surface area contributed by atoms with Crippen LogP contribution in [0.1, 0.15) is 84.0 Å². The van der Waals surface area contributed by atoms with Crippen LogP contribution in [0.25, 0.3) is 0 Å². The summed E-state index contributed by atoms with van der Waals surface area (Å²) in [6.07, 6.45) is 1.74. The van der Waals surface area contributed by atoms with Crippen LogP contribution in [0.3, 0.4) is 0 Å². The van der Waals surface area contributed by atoms with E-state index in [1.54, 1.807) is 25.7 Å². The van der Waals surface area contributed by atoms with Gasteiger partial charge in [0, 0.05) is 18.3 Å². The van der Waals surface area contributed by atoms with E-state index in [2.05, 4.69) is 44.0 Å². The van der Waals surface area contributed by atoms with Crippen molar-refractivity contribution >= 4 is 30.5 Å². The lowest BCUT2D eigenvalue weighted by Gasteiger charge is -2.38. The molecule has 3 atom stereocenters. The van der Waals surface area contributed by atoms with Crippen LogP contribution in [-0.2, 0) is 27.3 Å². The number of hydrogen-bond acceptors (Lipinski definition) is 5. The molecule has 0 fully saturated rings. The van der Waals surface area contributed by atoms with Gasteiger partial charge in [-0.3, -0.25) is 9.59 Å². The minimum absolute atomic E-state index is 0.0542. The number of nitrogens with one attached hydrogen (secondary N) is 2. The minimum atomic E-state index is -0.973. The SMILES string of the molecule is CCc1ccc(C(C(=O)NCc2ccccc2)N(C(=O)C(CS)NC(=O)OC(C)(C)C)C(C)CCC(C)C)cc1. The smallest absolute Gasteiger partial charge is 0.408 e. The number of alkyl carbamates (subject to hydrolysis) is 1. The Hall–Kier alpha value is -3.00. The van der Waals surface area contributed by atoms with Crippen molar-refractivity contribution in [3.63, 3.8) is 0 Å². The summed E-state index contributed by atoms with van der Waals surface area (Å²) in [4.78, 5) is 42.4. The van der Waals surface area contributed by atoms with Crippen molar-refractivity contribution in [1.29, 1.82) is 0 Å². The van der Waals surface area contributed by atoms with E-state index in [1.165, 1.54) is 0 Å². The van der Waals surface area contributed by atoms with E-state index in [-0.39, 0.29) is 23.6 Å². The van der Waals surface area contributed by atoms with E-state index < -0.39 is 23.8 Å². The molecule has 3 amide bonds. The van der Waals surface area contributed by atoms with E-state index in [9.17, 15) is 14.4 Å². The van der Waals surface area contributed by atoms with Crippen molar-refractivity contribution in [2.24, 2.45) is 5.92 Å². The molecular formula is C32H47N3O4S. The van der Waals surface area contributed by atoms with Gasteiger partial charge in [0.05, 0.1) is 0 Å². The number of carbonyl (C=O) groups excluding carboxylic acids is 3. The van der Waals surface area contributed by atoms with Crippen molar-refractivity contribution in [1.82, 2.24) is 15.5 Å². The number of aryl methyl sites for hydroxylation is 1. The first kappa shape index (κ1) is 33.2. The molecule has 0 spiro atoms. The van der Waals surface area contributed by atoms with Crippen LogP contribution in [0, 0.1) is 5.92 Å². The third-order valence-corrected chi connectivity index (χ3v) is 6.97. The summed E-state index contributed by atoms with van der Waals surface area (Å²) in [5.74, 6) is -0.183. The van der Waals surface area contributed by atoms with Gasteiger partial charge in [-0.05, 0) is 69.6 Å². The molecule has 0 heterocycles. The summed E-state index contributed by atoms with van der Waals surface area (Å²) >= 11 is 4.39. The first-order valence-corrected chi connectivity index (χ1v) is 14.8. The van der Waals surface area contributed by atoms with E-state index in [1.807, 2.05) is 61.5 Å². The summed E-state index contributed by atoms with van der Waals surface area (Å²) in [7, 11) is 0. The molecule has 220 valence electrons. The molecule has 0 aromatic heterocycles. The highest BCUT2D eigenvalue weighted by atomic mass is 32.1. The van der Waals surface area contributed by atoms with Gasteiger partial charge in [-0.25, -0.2) is 4.79 Å². The Morgan fingerprint density at radius 3 is 2.08 bits per heavy atom. The van der Waals surface area contributed by atoms with Crippen LogP contribution in [-0.4, -0.2) is 46.2 Å². The molecule has 0 aliphatic rings. The summed E-state index contributed by atoms with van der Waals surface area (Å²) in [6, 6.07) is 15.3. The topological polar surface area (TPSA) is 87.7 Å². The van der Waals surface area contributed by atoms with Crippen molar-refractivity contribution in [2.45, 2.75) is 98.0 Å². The predicted octanol–water partition coefficient (Wildman–Crippen LogP) is 6.08. The standard InChI is InChI=1S/C32H47N3O4S/c1-8-24-16-18-26(19-17-24)28(29(36)33-20-25-12-10-9-11-13-25)35(23(4)15-14-22(2)3)30(37)27(21-40)34-31(38)39-32(5,6)7/h9-13,16-19,22-23,27-28,40H,8,14-15,20-21H2,1-7H3,(H,33,36)(H,34,38). The number of hydrogen-bond donors (Lipinski definition) is 3. The van der Waals surface area contributed by atoms with Crippen molar-refractivity contribution in [2.75, 3.05) is 5.75 Å². The second-order valence-electron chi connectivity index (χ2n) is 11.6. The second kappa shape index (κ2) is 15.7. The van der Waals surface area contributed by atoms with Gasteiger partial charge in [0.2, 0.25) is 11.8 Å². The Morgan fingerprint density at radius 2 is 1.55 bits per heavy atom. The fourth-order valence-electron chi connectivity index (χ4n) is 4.38. The number of amides is 3. The third-order valence-electron chi connectivity index (χ3n) is 6.60. The van der Waals surface area contributed by atoms with Crippen molar-refractivity contribution in [3.8, 4) is 0 Å². The van der Waals surface area contributed by atoms with Crippen molar-refractivity contribution < 1.29 is 19.1 Å². The molecule has 0 aliphatic heterocycles. The Balaban J connectivity index is 2.50. The molecule has 0 bridgehead atoms. The fraction of sp³-hybridized carbons (Fsp3) is 0.531. The quantitative estimate of drug-likeness (QED) is 0.255. The number of nitrogens with zero attached hydrogens (tertiary/aromatic N) is 1. The van der Waals surface area contributed by atoms with Crippen LogP contribution in [0.2, 0.25) is 0 Å². The maximum absolute atomic E-state index is 14.2. The Bertz CT molecular complexity index is 1080. The maximum atomic E-state index is 14.2. The molecule has 0 saturated carbocycles. The molecule has 2 aromatic rings. The largest absolute Gasteiger partial charge is 0.444 e. The lowest BCUT2D eigenvalue weighted by Crippen LogP contribution is -2.56. The van der Waals surface area contributed by atoms with Crippen LogP contribution < -0.4 is 10.6 Å². The highest BCUT2D eigenvalue weighted by Gasteiger charge is 2.38. The predicted molar refractivity (Wildman–Crippen MR) is 164 cm³/mol. The summed E-state index contributed by atoms with van der Waals surface area (Å²) < 4.78 is 5.41. The Labute approximate surface area is 245 Å². The van der Waals surface area contributed by atoms with Gasteiger partial charge in [0.1, 0.15) is 17.7 Å². The molecule has 7 nitrogen and oxygen atoms in total. The molecule has 0 saturated heterocycles. The van der Waals surface area contributed by atoms with Gasteiger partial charge in [0.15, 0.2) is 0 Å². The highest BCUT2D eigenvalue weighted by molar-refractivity contribution is 7.80. The summed E-state index contributed by atoms with van der Waals surface area (Å²) in [6.45, 7) is 13.9. The zero-order valence-electron chi connectivity index (χ0n) is 25.1. The number of carbonyl (C=O) groups is 3. The summed E-state index contributed by atoms with van der Waals surface area (Å²) in [5, 5.41) is 5.73. The lowest BCUT2D eigenvalue weighted by molar-refractivity contribution is -0.144. The van der Waals surface area contributed by atoms with E-state index in [0.717, 1.165) is 24.0 Å². The first-order chi connectivity index (χ1) is 18.9. The fourth-order valence-corrected chi connectivity index (χ4v) is 4.63. The first-order valence-electron chi connectivity index (χ1n) is 14.2. The van der Waals surface area contributed by atoms with E-state index >= 15 is 0 Å². The normalized spacial score (nSPS) is 13.7. The van der Waals surface area contributed by atoms with Gasteiger partial charge < -0.3 is 20.3 Å². The molecule has 0 radical (unpaired) electrons. The molecule has 8 heteroatoms. The lowest BCUT2D eigenvalue weighted by atomic mass is 9.96. The molecular weight excluding hydrogens is 522 g/mol. The highest BCUT2D eigenvalue weighted by Crippen LogP contribution is 2.28. The molecule has 0 aliphatic carbocycles. The van der Waals surface area contributed by atoms with E-state index in [0.29, 0.717) is 24.4 Å². The van der Waals surface area contributed by atoms with Gasteiger partial charge in [-0.1, -0.05) is 75.4 Å². The molecule has 2 aromatic carbocycles.